The molecule has 0 aliphatic carbocycles. The van der Waals surface area contributed by atoms with Gasteiger partial charge in [0.2, 0.25) is 5.91 Å². The third kappa shape index (κ3) is 55.2. The van der Waals surface area contributed by atoms with Crippen molar-refractivity contribution in [1.82, 2.24) is 5.32 Å². The fourth-order valence-electron chi connectivity index (χ4n) is 9.43. The van der Waals surface area contributed by atoms with Crippen LogP contribution in [0.2, 0.25) is 0 Å². The van der Waals surface area contributed by atoms with Crippen LogP contribution in [0.3, 0.4) is 0 Å². The highest BCUT2D eigenvalue weighted by Gasteiger charge is 2.18. The third-order valence-corrected chi connectivity index (χ3v) is 14.2. The van der Waals surface area contributed by atoms with Crippen LogP contribution in [-0.4, -0.2) is 47.4 Å². The predicted molar refractivity (Wildman–Crippen MR) is 301 cm³/mol. The number of hydrogen-bond donors (Lipinski definition) is 3. The van der Waals surface area contributed by atoms with Gasteiger partial charge in [0.1, 0.15) is 0 Å². The molecule has 2 unspecified atom stereocenters. The van der Waals surface area contributed by atoms with E-state index in [1.807, 2.05) is 6.08 Å². The average molecular weight is 971 g/mol. The van der Waals surface area contributed by atoms with Crippen LogP contribution in [0, 0.1) is 0 Å². The van der Waals surface area contributed by atoms with Gasteiger partial charge in [0.15, 0.2) is 0 Å². The lowest BCUT2D eigenvalue weighted by Gasteiger charge is -2.20. The lowest BCUT2D eigenvalue weighted by Crippen LogP contribution is -2.45. The molecule has 0 aromatic rings. The quantitative estimate of drug-likeness (QED) is 0.0321. The van der Waals surface area contributed by atoms with Gasteiger partial charge < -0.3 is 20.3 Å². The van der Waals surface area contributed by atoms with Crippen molar-refractivity contribution >= 4 is 11.9 Å². The van der Waals surface area contributed by atoms with E-state index in [-0.39, 0.29) is 18.5 Å². The molecule has 6 nitrogen and oxygen atoms in total. The molecular formula is C63H119NO5. The zero-order valence-electron chi connectivity index (χ0n) is 46.3. The lowest BCUT2D eigenvalue weighted by molar-refractivity contribution is -0.143. The van der Waals surface area contributed by atoms with Crippen LogP contribution in [0.5, 0.6) is 0 Å². The minimum atomic E-state index is -0.857. The van der Waals surface area contributed by atoms with E-state index in [2.05, 4.69) is 43.5 Å². The standard InChI is InChI=1S/C63H119NO5/c1-3-5-7-9-11-13-15-17-19-21-23-24-25-26-27-29-31-35-39-43-47-51-55-61(66)60(59-65)64-62(67)56-52-48-44-40-36-33-34-38-42-46-50-54-58-69-63(68)57-53-49-45-41-37-32-30-28-22-20-18-16-14-12-10-8-6-4-2/h14,16,20,22,51,55,60-61,65-66H,3-13,15,17-19,21,23-50,52-54,56-59H2,1-2H3,(H,64,67)/b16-14-,22-20-,55-51+. The Balaban J connectivity index is 3.49. The first-order chi connectivity index (χ1) is 34.0. The highest BCUT2D eigenvalue weighted by atomic mass is 16.5. The Hall–Kier alpha value is -1.92. The van der Waals surface area contributed by atoms with Gasteiger partial charge in [-0.1, -0.05) is 288 Å². The molecule has 0 aliphatic heterocycles. The van der Waals surface area contributed by atoms with Crippen LogP contribution < -0.4 is 5.32 Å². The van der Waals surface area contributed by atoms with Crippen LogP contribution in [0.1, 0.15) is 328 Å². The predicted octanol–water partition coefficient (Wildman–Crippen LogP) is 19.2. The monoisotopic (exact) mass is 970 g/mol. The van der Waals surface area contributed by atoms with Crippen LogP contribution in [0.25, 0.3) is 0 Å². The number of carbonyl (C=O) groups excluding carboxylic acids is 2. The number of nitrogens with one attached hydrogen (secondary N) is 1. The molecule has 0 aromatic heterocycles. The van der Waals surface area contributed by atoms with E-state index < -0.39 is 12.1 Å². The lowest BCUT2D eigenvalue weighted by atomic mass is 10.0. The number of aliphatic hydroxyl groups is 2. The maximum atomic E-state index is 12.5. The first-order valence-corrected chi connectivity index (χ1v) is 30.8. The molecular weight excluding hydrogens is 851 g/mol. The van der Waals surface area contributed by atoms with Gasteiger partial charge in [0, 0.05) is 12.8 Å². The fourth-order valence-corrected chi connectivity index (χ4v) is 9.43. The molecule has 0 heterocycles. The summed E-state index contributed by atoms with van der Waals surface area (Å²) in [5.74, 6) is -0.0990. The Labute approximate surface area is 430 Å². The van der Waals surface area contributed by atoms with Gasteiger partial charge in [-0.15, -0.1) is 0 Å². The smallest absolute Gasteiger partial charge is 0.305 e. The Morgan fingerprint density at radius 1 is 0.406 bits per heavy atom. The van der Waals surface area contributed by atoms with Crippen molar-refractivity contribution in [1.29, 1.82) is 0 Å². The van der Waals surface area contributed by atoms with Gasteiger partial charge in [-0.05, 0) is 64.2 Å². The molecule has 0 rings (SSSR count). The Kier molecular flexibility index (Phi) is 57.0. The van der Waals surface area contributed by atoms with Gasteiger partial charge in [-0.2, -0.15) is 0 Å². The summed E-state index contributed by atoms with van der Waals surface area (Å²) in [6, 6.07) is -0.642. The van der Waals surface area contributed by atoms with Crippen molar-refractivity contribution in [2.75, 3.05) is 13.2 Å². The Morgan fingerprint density at radius 2 is 0.725 bits per heavy atom. The molecule has 6 heteroatoms. The first kappa shape index (κ1) is 67.1. The maximum absolute atomic E-state index is 12.5. The molecule has 0 bridgehead atoms. The minimum Gasteiger partial charge on any atom is -0.466 e. The van der Waals surface area contributed by atoms with Crippen LogP contribution in [0.4, 0.5) is 0 Å². The molecule has 0 aromatic carbocycles. The summed E-state index contributed by atoms with van der Waals surface area (Å²) in [5.41, 5.74) is 0. The minimum absolute atomic E-state index is 0.0176. The summed E-state index contributed by atoms with van der Waals surface area (Å²) in [6.07, 6.45) is 73.1. The van der Waals surface area contributed by atoms with Gasteiger partial charge in [-0.25, -0.2) is 0 Å². The molecule has 406 valence electrons. The number of rotatable bonds is 57. The average Bonchev–Trinajstić information content (AvgIpc) is 3.35. The molecule has 0 saturated carbocycles. The van der Waals surface area contributed by atoms with E-state index in [9.17, 15) is 19.8 Å². The molecule has 2 atom stereocenters. The van der Waals surface area contributed by atoms with Crippen LogP contribution in [0.15, 0.2) is 36.5 Å². The van der Waals surface area contributed by atoms with Gasteiger partial charge in [-0.3, -0.25) is 9.59 Å². The number of allylic oxidation sites excluding steroid dienone is 5. The summed E-state index contributed by atoms with van der Waals surface area (Å²) in [4.78, 5) is 24.6. The second-order valence-electron chi connectivity index (χ2n) is 21.0. The second kappa shape index (κ2) is 58.6. The normalized spacial score (nSPS) is 12.8. The van der Waals surface area contributed by atoms with E-state index in [1.54, 1.807) is 6.08 Å². The van der Waals surface area contributed by atoms with Crippen molar-refractivity contribution in [2.24, 2.45) is 0 Å². The maximum Gasteiger partial charge on any atom is 0.305 e. The topological polar surface area (TPSA) is 95.9 Å². The van der Waals surface area contributed by atoms with Gasteiger partial charge in [0.25, 0.3) is 0 Å². The van der Waals surface area contributed by atoms with Crippen molar-refractivity contribution < 1.29 is 24.5 Å². The highest BCUT2D eigenvalue weighted by Crippen LogP contribution is 2.17. The molecule has 0 saturated heterocycles. The largest absolute Gasteiger partial charge is 0.466 e. The first-order valence-electron chi connectivity index (χ1n) is 30.8. The van der Waals surface area contributed by atoms with Crippen molar-refractivity contribution in [3.63, 3.8) is 0 Å². The Morgan fingerprint density at radius 3 is 1.12 bits per heavy atom. The van der Waals surface area contributed by atoms with Gasteiger partial charge >= 0.3 is 5.97 Å². The molecule has 69 heavy (non-hydrogen) atoms. The number of esters is 1. The zero-order valence-corrected chi connectivity index (χ0v) is 46.3. The summed E-state index contributed by atoms with van der Waals surface area (Å²) in [7, 11) is 0. The zero-order chi connectivity index (χ0) is 50.0. The molecule has 0 fully saturated rings. The molecule has 3 N–H and O–H groups in total. The van der Waals surface area contributed by atoms with Crippen molar-refractivity contribution in [2.45, 2.75) is 341 Å². The molecule has 0 radical (unpaired) electrons. The van der Waals surface area contributed by atoms with Crippen molar-refractivity contribution in [3.8, 4) is 0 Å². The number of unbranched alkanes of at least 4 members (excludes halogenated alkanes) is 42. The summed E-state index contributed by atoms with van der Waals surface area (Å²) < 4.78 is 5.48. The van der Waals surface area contributed by atoms with E-state index in [0.717, 1.165) is 64.2 Å². The van der Waals surface area contributed by atoms with Crippen LogP contribution in [-0.2, 0) is 14.3 Å². The fraction of sp³-hybridized carbons (Fsp3) is 0.873. The molecule has 0 aliphatic rings. The number of ether oxygens (including phenoxy) is 1. The van der Waals surface area contributed by atoms with Gasteiger partial charge in [0.05, 0.1) is 25.4 Å². The number of aliphatic hydroxyl groups excluding tert-OH is 2. The number of hydrogen-bond acceptors (Lipinski definition) is 5. The van der Waals surface area contributed by atoms with E-state index in [4.69, 9.17) is 4.74 Å². The SMILES string of the molecule is CCCCCC/C=C\C/C=C\CCCCCCCCCC(=O)OCCCCCCCCCCCCCCC(=O)NC(CO)C(O)/C=C/CCCCCCCCCCCCCCCCCCCCCC. The highest BCUT2D eigenvalue weighted by molar-refractivity contribution is 5.76. The third-order valence-electron chi connectivity index (χ3n) is 14.2. The second-order valence-corrected chi connectivity index (χ2v) is 21.0. The summed E-state index contributed by atoms with van der Waals surface area (Å²) >= 11 is 0. The Bertz CT molecular complexity index is 1120. The molecule has 1 amide bonds. The van der Waals surface area contributed by atoms with Crippen LogP contribution >= 0.6 is 0 Å². The van der Waals surface area contributed by atoms with Crippen molar-refractivity contribution in [3.05, 3.63) is 36.5 Å². The van der Waals surface area contributed by atoms with E-state index >= 15 is 0 Å². The summed E-state index contributed by atoms with van der Waals surface area (Å²) in [6.45, 7) is 4.87. The summed E-state index contributed by atoms with van der Waals surface area (Å²) in [5, 5.41) is 23.2. The number of carbonyl (C=O) groups is 2. The molecule has 0 spiro atoms. The van der Waals surface area contributed by atoms with E-state index in [1.165, 1.54) is 238 Å². The number of amides is 1. The van der Waals surface area contributed by atoms with E-state index in [0.29, 0.717) is 19.4 Å².